The zero-order valence-electron chi connectivity index (χ0n) is 22.7. The van der Waals surface area contributed by atoms with Gasteiger partial charge in [0.05, 0.1) is 28.8 Å². The van der Waals surface area contributed by atoms with Crippen LogP contribution in [-0.2, 0) is 23.8 Å². The molecule has 10 heteroatoms. The fraction of sp³-hybridized carbons (Fsp3) is 0.862. The summed E-state index contributed by atoms with van der Waals surface area (Å²) < 4.78 is 16.9. The summed E-state index contributed by atoms with van der Waals surface area (Å²) in [5.74, 6) is -0.616. The van der Waals surface area contributed by atoms with Crippen molar-refractivity contribution in [1.29, 1.82) is 0 Å². The van der Waals surface area contributed by atoms with Gasteiger partial charge in [-0.3, -0.25) is 0 Å². The molecule has 0 aromatic carbocycles. The number of ether oxygens (including phenoxy) is 3. The van der Waals surface area contributed by atoms with Crippen molar-refractivity contribution in [3.05, 3.63) is 11.6 Å². The van der Waals surface area contributed by atoms with Gasteiger partial charge in [0.2, 0.25) is 0 Å². The van der Waals surface area contributed by atoms with Crippen molar-refractivity contribution in [3.8, 4) is 0 Å². The van der Waals surface area contributed by atoms with E-state index in [9.17, 15) is 35.1 Å². The van der Waals surface area contributed by atoms with E-state index in [-0.39, 0.29) is 36.8 Å². The molecule has 218 valence electrons. The van der Waals surface area contributed by atoms with Gasteiger partial charge in [-0.05, 0) is 81.6 Å². The molecule has 2 unspecified atom stereocenters. The summed E-state index contributed by atoms with van der Waals surface area (Å²) in [5.41, 5.74) is -2.86. The van der Waals surface area contributed by atoms with E-state index in [1.165, 1.54) is 0 Å². The summed E-state index contributed by atoms with van der Waals surface area (Å²) in [6, 6.07) is 0. The molecule has 0 spiro atoms. The first-order chi connectivity index (χ1) is 18.4. The third-order valence-electron chi connectivity index (χ3n) is 12.0. The van der Waals surface area contributed by atoms with Gasteiger partial charge < -0.3 is 44.5 Å². The predicted molar refractivity (Wildman–Crippen MR) is 135 cm³/mol. The second-order valence-corrected chi connectivity index (χ2v) is 13.4. The van der Waals surface area contributed by atoms with Gasteiger partial charge in [0.25, 0.3) is 0 Å². The summed E-state index contributed by atoms with van der Waals surface area (Å²) in [6.07, 6.45) is 0.689. The molecule has 4 saturated carbocycles. The number of aliphatic hydroxyl groups excluding tert-OH is 3. The highest BCUT2D eigenvalue weighted by atomic mass is 16.7. The zero-order chi connectivity index (χ0) is 28.0. The summed E-state index contributed by atoms with van der Waals surface area (Å²) in [6.45, 7) is 3.98. The first-order valence-corrected chi connectivity index (χ1v) is 14.5. The molecule has 0 radical (unpaired) electrons. The van der Waals surface area contributed by atoms with E-state index < -0.39 is 58.8 Å². The Morgan fingerprint density at radius 1 is 0.974 bits per heavy atom. The van der Waals surface area contributed by atoms with Crippen LogP contribution in [0.1, 0.15) is 71.6 Å². The van der Waals surface area contributed by atoms with Gasteiger partial charge in [-0.1, -0.05) is 6.92 Å². The third kappa shape index (κ3) is 3.78. The Kier molecular flexibility index (Phi) is 6.62. The van der Waals surface area contributed by atoms with Crippen LogP contribution in [0.2, 0.25) is 0 Å². The summed E-state index contributed by atoms with van der Waals surface area (Å²) in [7, 11) is 0. The molecule has 2 heterocycles. The molecule has 10 nitrogen and oxygen atoms in total. The smallest absolute Gasteiger partial charge is 0.331 e. The average molecular weight is 551 g/mol. The molecule has 0 aromatic rings. The number of esters is 1. The minimum Gasteiger partial charge on any atom is -0.458 e. The van der Waals surface area contributed by atoms with Gasteiger partial charge in [0.15, 0.2) is 6.29 Å². The van der Waals surface area contributed by atoms with Crippen molar-refractivity contribution in [3.63, 3.8) is 0 Å². The molecule has 6 rings (SSSR count). The highest BCUT2D eigenvalue weighted by molar-refractivity contribution is 5.85. The van der Waals surface area contributed by atoms with Crippen LogP contribution in [0, 0.1) is 28.6 Å². The van der Waals surface area contributed by atoms with Crippen molar-refractivity contribution in [1.82, 2.24) is 0 Å². The van der Waals surface area contributed by atoms with Crippen LogP contribution in [0.5, 0.6) is 0 Å². The highest BCUT2D eigenvalue weighted by Gasteiger charge is 2.71. The normalized spacial score (nSPS) is 55.2. The van der Waals surface area contributed by atoms with Gasteiger partial charge in [-0.15, -0.1) is 0 Å². The fourth-order valence-electron chi connectivity index (χ4n) is 9.75. The molecule has 0 amide bonds. The Hall–Kier alpha value is -1.40. The number of carbonyl (C=O) groups is 2. The molecule has 13 atom stereocenters. The minimum absolute atomic E-state index is 0.0465. The van der Waals surface area contributed by atoms with Gasteiger partial charge in [0.1, 0.15) is 31.2 Å². The number of hydrogen-bond donors (Lipinski definition) is 5. The summed E-state index contributed by atoms with van der Waals surface area (Å²) in [5, 5.41) is 55.0. The van der Waals surface area contributed by atoms with Crippen LogP contribution in [0.15, 0.2) is 11.6 Å². The molecule has 1 saturated heterocycles. The number of aliphatic hydroxyl groups is 5. The zero-order valence-corrected chi connectivity index (χ0v) is 22.7. The fourth-order valence-corrected chi connectivity index (χ4v) is 9.75. The van der Waals surface area contributed by atoms with E-state index in [0.717, 1.165) is 18.3 Å². The Morgan fingerprint density at radius 3 is 2.41 bits per heavy atom. The summed E-state index contributed by atoms with van der Waals surface area (Å²) >= 11 is 0. The second kappa shape index (κ2) is 9.31. The van der Waals surface area contributed by atoms with Crippen LogP contribution < -0.4 is 0 Å². The van der Waals surface area contributed by atoms with Crippen molar-refractivity contribution in [2.75, 3.05) is 6.61 Å². The number of cyclic esters (lactones) is 1. The summed E-state index contributed by atoms with van der Waals surface area (Å²) in [4.78, 5) is 24.8. The van der Waals surface area contributed by atoms with Crippen molar-refractivity contribution in [2.24, 2.45) is 28.6 Å². The molecule has 0 aromatic heterocycles. The van der Waals surface area contributed by atoms with Crippen LogP contribution >= 0.6 is 0 Å². The highest BCUT2D eigenvalue weighted by Crippen LogP contribution is 2.70. The molecule has 6 aliphatic rings. The van der Waals surface area contributed by atoms with Gasteiger partial charge in [-0.2, -0.15) is 0 Å². The number of fused-ring (bicyclic) bond motifs is 5. The maximum Gasteiger partial charge on any atom is 0.331 e. The van der Waals surface area contributed by atoms with Gasteiger partial charge in [-0.25, -0.2) is 4.79 Å². The lowest BCUT2D eigenvalue weighted by molar-refractivity contribution is -0.317. The van der Waals surface area contributed by atoms with E-state index in [2.05, 4.69) is 6.92 Å². The molecular formula is C29H42O10. The SMILES string of the molecule is C[C@@H]1OC(O[C@H]2CC[C@]3(C=O)[C@H]4CC[C@]5(C)C(C6=CC(=O)OC6)CC[C@]5(O)[C@@H]4CC[C@]3(O)C2)[C@H](O)[C@H](O)[C@H]1O. The van der Waals surface area contributed by atoms with Gasteiger partial charge >= 0.3 is 5.97 Å². The Labute approximate surface area is 228 Å². The first-order valence-electron chi connectivity index (χ1n) is 14.5. The maximum absolute atomic E-state index is 13.0. The molecular weight excluding hydrogens is 508 g/mol. The topological polar surface area (TPSA) is 163 Å². The first kappa shape index (κ1) is 27.8. The molecule has 4 aliphatic carbocycles. The number of rotatable bonds is 4. The van der Waals surface area contributed by atoms with Crippen molar-refractivity contribution in [2.45, 2.75) is 120 Å². The van der Waals surface area contributed by atoms with Crippen LogP contribution in [0.25, 0.3) is 0 Å². The lowest BCUT2D eigenvalue weighted by Gasteiger charge is -2.65. The van der Waals surface area contributed by atoms with Crippen LogP contribution in [-0.4, -0.2) is 92.4 Å². The van der Waals surface area contributed by atoms with Crippen LogP contribution in [0.4, 0.5) is 0 Å². The Balaban J connectivity index is 1.22. The lowest BCUT2D eigenvalue weighted by Crippen LogP contribution is -2.69. The Morgan fingerprint density at radius 2 is 1.72 bits per heavy atom. The maximum atomic E-state index is 13.0. The monoisotopic (exact) mass is 550 g/mol. The standard InChI is InChI=1S/C29H42O10/c1-15-22(32)23(33)24(34)25(38-15)39-17-3-8-27(14-30)19-4-7-26(2)18(16-11-21(31)37-13-16)6-10-29(26,36)20(19)5-9-28(27,35)12-17/h11,14-15,17-20,22-25,32-36H,3-10,12-13H2,1-2H3/t15-,17-,18?,19-,20+,22-,23+,24+,25?,26+,27-,28-,29-/m0/s1. The van der Waals surface area contributed by atoms with Crippen molar-refractivity contribution < 1.29 is 49.3 Å². The molecule has 0 bridgehead atoms. The van der Waals surface area contributed by atoms with Crippen molar-refractivity contribution >= 4 is 12.3 Å². The molecule has 5 fully saturated rings. The number of carbonyl (C=O) groups excluding carboxylic acids is 2. The molecule has 2 aliphatic heterocycles. The number of hydrogen-bond acceptors (Lipinski definition) is 10. The van der Waals surface area contributed by atoms with E-state index >= 15 is 0 Å². The van der Waals surface area contributed by atoms with E-state index in [1.807, 2.05) is 0 Å². The van der Waals surface area contributed by atoms with E-state index in [0.29, 0.717) is 44.9 Å². The second-order valence-electron chi connectivity index (χ2n) is 13.4. The van der Waals surface area contributed by atoms with Crippen LogP contribution in [0.3, 0.4) is 0 Å². The number of aldehydes is 1. The molecule has 5 N–H and O–H groups in total. The van der Waals surface area contributed by atoms with Gasteiger partial charge in [0, 0.05) is 17.9 Å². The minimum atomic E-state index is -1.43. The average Bonchev–Trinajstić information content (AvgIpc) is 3.45. The van der Waals surface area contributed by atoms with E-state index in [4.69, 9.17) is 14.2 Å². The lowest BCUT2D eigenvalue weighted by atomic mass is 9.41. The molecule has 39 heavy (non-hydrogen) atoms. The predicted octanol–water partition coefficient (Wildman–Crippen LogP) is 0.750. The third-order valence-corrected chi connectivity index (χ3v) is 12.0. The Bertz CT molecular complexity index is 1050. The quantitative estimate of drug-likeness (QED) is 0.192. The largest absolute Gasteiger partial charge is 0.458 e. The van der Waals surface area contributed by atoms with E-state index in [1.54, 1.807) is 13.0 Å².